The van der Waals surface area contributed by atoms with E-state index >= 15 is 0 Å². The molecule has 0 amide bonds. The third-order valence-corrected chi connectivity index (χ3v) is 1.98. The third kappa shape index (κ3) is 2.52. The maximum absolute atomic E-state index is 13.4. The van der Waals surface area contributed by atoms with Gasteiger partial charge in [0.1, 0.15) is 0 Å². The summed E-state index contributed by atoms with van der Waals surface area (Å²) in [7, 11) is 0. The highest BCUT2D eigenvalue weighted by atomic mass is 19.4. The molecule has 0 saturated heterocycles. The van der Waals surface area contributed by atoms with Gasteiger partial charge in [0.25, 0.3) is 0 Å². The first-order valence-electron chi connectivity index (χ1n) is 4.02. The van der Waals surface area contributed by atoms with Crippen molar-refractivity contribution in [2.24, 2.45) is 0 Å². The molecule has 8 heteroatoms. The minimum atomic E-state index is -5.92. The first-order valence-corrected chi connectivity index (χ1v) is 4.02. The van der Waals surface area contributed by atoms with E-state index in [9.17, 15) is 26.3 Å². The van der Waals surface area contributed by atoms with Crippen LogP contribution in [0.2, 0.25) is 0 Å². The van der Waals surface area contributed by atoms with E-state index in [4.69, 9.17) is 5.11 Å². The Morgan fingerprint density at radius 3 is 1.53 bits per heavy atom. The van der Waals surface area contributed by atoms with Crippen LogP contribution in [0.1, 0.15) is 5.56 Å². The topological polar surface area (TPSA) is 51.7 Å². The summed E-state index contributed by atoms with van der Waals surface area (Å²) in [6.07, 6.45) is -11.5. The van der Waals surface area contributed by atoms with Crippen molar-refractivity contribution in [2.45, 2.75) is 18.0 Å². The van der Waals surface area contributed by atoms with Crippen LogP contribution in [0.3, 0.4) is 0 Å². The van der Waals surface area contributed by atoms with Gasteiger partial charge in [-0.15, -0.1) is 0 Å². The average molecular weight is 262 g/mol. The first kappa shape index (κ1) is 15.7. The highest BCUT2D eigenvalue weighted by molar-refractivity contribution is 5.26. The lowest BCUT2D eigenvalue weighted by atomic mass is 9.94. The quantitative estimate of drug-likeness (QED) is 0.816. The van der Waals surface area contributed by atoms with Gasteiger partial charge in [-0.1, -0.05) is 30.3 Å². The van der Waals surface area contributed by atoms with E-state index in [-0.39, 0.29) is 5.48 Å². The van der Waals surface area contributed by atoms with Crippen LogP contribution in [0.15, 0.2) is 30.3 Å². The summed E-state index contributed by atoms with van der Waals surface area (Å²) in [5.41, 5.74) is -6.46. The lowest BCUT2D eigenvalue weighted by molar-refractivity contribution is -0.375. The zero-order chi connectivity index (χ0) is 12.6. The Balaban J connectivity index is 0.00000256. The van der Waals surface area contributed by atoms with Crippen LogP contribution in [0.4, 0.5) is 26.3 Å². The Labute approximate surface area is 91.8 Å². The fourth-order valence-corrected chi connectivity index (χ4v) is 1.18. The number of hydrogen-bond acceptors (Lipinski definition) is 1. The van der Waals surface area contributed by atoms with E-state index in [0.717, 1.165) is 12.1 Å². The number of hydrogen-bond donors (Lipinski definition) is 1. The van der Waals surface area contributed by atoms with Crippen LogP contribution in [0.25, 0.3) is 0 Å². The van der Waals surface area contributed by atoms with E-state index < -0.39 is 23.5 Å². The van der Waals surface area contributed by atoms with Crippen LogP contribution in [0, 0.1) is 0 Å². The number of alkyl halides is 6. The highest BCUT2D eigenvalue weighted by Crippen LogP contribution is 2.51. The Kier molecular flexibility index (Phi) is 4.19. The van der Waals surface area contributed by atoms with Gasteiger partial charge < -0.3 is 10.6 Å². The molecule has 1 aromatic rings. The van der Waals surface area contributed by atoms with Crippen LogP contribution < -0.4 is 0 Å². The molecule has 0 aromatic heterocycles. The maximum Gasteiger partial charge on any atom is 0.435 e. The predicted molar refractivity (Wildman–Crippen MR) is 46.1 cm³/mol. The molecule has 0 heterocycles. The van der Waals surface area contributed by atoms with Crippen molar-refractivity contribution in [1.82, 2.24) is 0 Å². The summed E-state index contributed by atoms with van der Waals surface area (Å²) < 4.78 is 75.1. The van der Waals surface area contributed by atoms with Gasteiger partial charge >= 0.3 is 18.0 Å². The molecule has 0 aliphatic heterocycles. The standard InChI is InChI=1S/C9H6F6O.H2O/c10-7(8(11,12)13,9(14,15)16)6-4-2-1-3-5-6;/h1-5,16H;1H2. The van der Waals surface area contributed by atoms with Crippen molar-refractivity contribution in [1.29, 1.82) is 0 Å². The molecular weight excluding hydrogens is 254 g/mol. The maximum atomic E-state index is 13.4. The van der Waals surface area contributed by atoms with Crippen LogP contribution in [0.5, 0.6) is 0 Å². The van der Waals surface area contributed by atoms with Crippen molar-refractivity contribution >= 4 is 0 Å². The minimum Gasteiger partial charge on any atom is -0.412 e. The van der Waals surface area contributed by atoms with Gasteiger partial charge in [-0.3, -0.25) is 0 Å². The molecule has 0 radical (unpaired) electrons. The molecule has 1 aromatic carbocycles. The summed E-state index contributed by atoms with van der Waals surface area (Å²) in [5.74, 6) is 0. The normalized spacial score (nSPS) is 15.9. The molecule has 1 atom stereocenters. The van der Waals surface area contributed by atoms with Gasteiger partial charge in [-0.05, 0) is 0 Å². The van der Waals surface area contributed by atoms with Gasteiger partial charge in [-0.25, -0.2) is 4.39 Å². The summed E-state index contributed by atoms with van der Waals surface area (Å²) >= 11 is 0. The Morgan fingerprint density at radius 1 is 0.824 bits per heavy atom. The zero-order valence-electron chi connectivity index (χ0n) is 8.10. The summed E-state index contributed by atoms with van der Waals surface area (Å²) in [6.45, 7) is 0. The molecule has 1 unspecified atom stereocenters. The Morgan fingerprint density at radius 2 is 1.24 bits per heavy atom. The first-order chi connectivity index (χ1) is 7.11. The second-order valence-corrected chi connectivity index (χ2v) is 3.06. The SMILES string of the molecule is O.OC(F)(F)C(F)(c1ccccc1)C(F)(F)F. The lowest BCUT2D eigenvalue weighted by Crippen LogP contribution is -2.52. The Bertz CT molecular complexity index is 342. The minimum absolute atomic E-state index is 0. The molecule has 0 spiro atoms. The molecule has 0 fully saturated rings. The smallest absolute Gasteiger partial charge is 0.412 e. The molecule has 98 valence electrons. The Hall–Kier alpha value is -1.28. The molecule has 2 nitrogen and oxygen atoms in total. The van der Waals surface area contributed by atoms with E-state index in [0.29, 0.717) is 12.1 Å². The van der Waals surface area contributed by atoms with E-state index in [1.165, 1.54) is 6.07 Å². The fraction of sp³-hybridized carbons (Fsp3) is 0.333. The van der Waals surface area contributed by atoms with E-state index in [2.05, 4.69) is 0 Å². The largest absolute Gasteiger partial charge is 0.435 e. The molecular formula is C9H8F6O2. The zero-order valence-corrected chi connectivity index (χ0v) is 8.10. The third-order valence-electron chi connectivity index (χ3n) is 1.98. The molecule has 0 aliphatic rings. The lowest BCUT2D eigenvalue weighted by Gasteiger charge is -2.31. The number of aliphatic hydroxyl groups is 1. The summed E-state index contributed by atoms with van der Waals surface area (Å²) in [4.78, 5) is 0. The molecule has 3 N–H and O–H groups in total. The van der Waals surface area contributed by atoms with Crippen molar-refractivity contribution in [2.75, 3.05) is 0 Å². The van der Waals surface area contributed by atoms with E-state index in [1.54, 1.807) is 0 Å². The van der Waals surface area contributed by atoms with E-state index in [1.807, 2.05) is 0 Å². The molecule has 0 aliphatic carbocycles. The second-order valence-electron chi connectivity index (χ2n) is 3.06. The number of halogens is 6. The number of rotatable bonds is 2. The second kappa shape index (κ2) is 4.53. The number of benzene rings is 1. The van der Waals surface area contributed by atoms with Crippen LogP contribution >= 0.6 is 0 Å². The van der Waals surface area contributed by atoms with Crippen molar-refractivity contribution in [3.8, 4) is 0 Å². The van der Waals surface area contributed by atoms with Gasteiger partial charge in [0, 0.05) is 5.56 Å². The molecule has 17 heavy (non-hydrogen) atoms. The summed E-state index contributed by atoms with van der Waals surface area (Å²) in [6, 6.07) is 4.20. The van der Waals surface area contributed by atoms with Crippen molar-refractivity contribution in [3.05, 3.63) is 35.9 Å². The van der Waals surface area contributed by atoms with Crippen molar-refractivity contribution < 1.29 is 36.9 Å². The van der Waals surface area contributed by atoms with Gasteiger partial charge in [0.15, 0.2) is 0 Å². The monoisotopic (exact) mass is 262 g/mol. The van der Waals surface area contributed by atoms with Crippen molar-refractivity contribution in [3.63, 3.8) is 0 Å². The van der Waals surface area contributed by atoms with Gasteiger partial charge in [0.2, 0.25) is 0 Å². The molecule has 0 saturated carbocycles. The van der Waals surface area contributed by atoms with Crippen LogP contribution in [-0.2, 0) is 5.67 Å². The average Bonchev–Trinajstić information content (AvgIpc) is 2.14. The van der Waals surface area contributed by atoms with Gasteiger partial charge in [-0.2, -0.15) is 22.0 Å². The summed E-state index contributed by atoms with van der Waals surface area (Å²) in [5, 5.41) is 8.10. The molecule has 0 bridgehead atoms. The van der Waals surface area contributed by atoms with Crippen LogP contribution in [-0.4, -0.2) is 22.9 Å². The van der Waals surface area contributed by atoms with Gasteiger partial charge in [0.05, 0.1) is 0 Å². The highest BCUT2D eigenvalue weighted by Gasteiger charge is 2.72. The predicted octanol–water partition coefficient (Wildman–Crippen LogP) is 2.17. The molecule has 1 rings (SSSR count). The fourth-order valence-electron chi connectivity index (χ4n) is 1.18.